The van der Waals surface area contributed by atoms with Crippen LogP contribution in [0.3, 0.4) is 0 Å². The summed E-state index contributed by atoms with van der Waals surface area (Å²) in [6, 6.07) is 0. The number of aromatic nitrogens is 2. The number of hydrogen-bond donors (Lipinski definition) is 2. The molecular formula is C10H19N3O2. The van der Waals surface area contributed by atoms with Crippen molar-refractivity contribution in [3.05, 3.63) is 15.9 Å². The lowest BCUT2D eigenvalue weighted by Crippen LogP contribution is -2.24. The van der Waals surface area contributed by atoms with Crippen molar-refractivity contribution >= 4 is 0 Å². The van der Waals surface area contributed by atoms with Gasteiger partial charge in [0.25, 0.3) is 5.56 Å². The summed E-state index contributed by atoms with van der Waals surface area (Å²) in [5, 5.41) is 6.06. The molecule has 0 amide bonds. The Morgan fingerprint density at radius 1 is 1.53 bits per heavy atom. The second kappa shape index (κ2) is 5.02. The fraction of sp³-hybridized carbons (Fsp3) is 0.700. The van der Waals surface area contributed by atoms with E-state index in [0.717, 1.165) is 6.54 Å². The Morgan fingerprint density at radius 2 is 2.20 bits per heavy atom. The first-order valence-corrected chi connectivity index (χ1v) is 5.08. The van der Waals surface area contributed by atoms with Crippen molar-refractivity contribution < 1.29 is 4.74 Å². The van der Waals surface area contributed by atoms with Gasteiger partial charge in [-0.1, -0.05) is 13.8 Å². The van der Waals surface area contributed by atoms with Crippen molar-refractivity contribution in [2.45, 2.75) is 20.4 Å². The van der Waals surface area contributed by atoms with E-state index in [9.17, 15) is 4.79 Å². The molecule has 0 unspecified atom stereocenters. The summed E-state index contributed by atoms with van der Waals surface area (Å²) in [4.78, 5) is 11.6. The van der Waals surface area contributed by atoms with Gasteiger partial charge in [0, 0.05) is 13.6 Å². The zero-order valence-corrected chi connectivity index (χ0v) is 9.76. The summed E-state index contributed by atoms with van der Waals surface area (Å²) in [5.74, 6) is 1.11. The van der Waals surface area contributed by atoms with E-state index in [2.05, 4.69) is 24.3 Å². The molecule has 0 aromatic carbocycles. The lowest BCUT2D eigenvalue weighted by atomic mass is 10.2. The van der Waals surface area contributed by atoms with Crippen molar-refractivity contribution in [1.29, 1.82) is 0 Å². The molecule has 0 saturated carbocycles. The monoisotopic (exact) mass is 213 g/mol. The molecule has 5 heteroatoms. The molecule has 86 valence electrons. The van der Waals surface area contributed by atoms with E-state index in [1.165, 1.54) is 4.68 Å². The molecule has 1 aromatic rings. The lowest BCUT2D eigenvalue weighted by molar-refractivity contribution is 0.386. The van der Waals surface area contributed by atoms with E-state index >= 15 is 0 Å². The van der Waals surface area contributed by atoms with Gasteiger partial charge in [0.1, 0.15) is 0 Å². The zero-order valence-electron chi connectivity index (χ0n) is 9.76. The number of hydrogen-bond acceptors (Lipinski definition) is 3. The molecule has 0 saturated heterocycles. The van der Waals surface area contributed by atoms with Crippen LogP contribution in [-0.2, 0) is 13.6 Å². The molecule has 5 nitrogen and oxygen atoms in total. The van der Waals surface area contributed by atoms with Crippen molar-refractivity contribution in [3.63, 3.8) is 0 Å². The summed E-state index contributed by atoms with van der Waals surface area (Å²) >= 11 is 0. The van der Waals surface area contributed by atoms with Gasteiger partial charge in [-0.25, -0.2) is 0 Å². The number of methoxy groups -OCH3 is 1. The summed E-state index contributed by atoms with van der Waals surface area (Å²) in [6.45, 7) is 5.67. The molecule has 2 N–H and O–H groups in total. The third kappa shape index (κ3) is 2.86. The van der Waals surface area contributed by atoms with Crippen LogP contribution >= 0.6 is 0 Å². The normalized spacial score (nSPS) is 11.0. The predicted octanol–water partition coefficient (Wildman–Crippen LogP) is 0.468. The van der Waals surface area contributed by atoms with Gasteiger partial charge in [0.2, 0.25) is 5.88 Å². The minimum absolute atomic E-state index is 0.0388. The van der Waals surface area contributed by atoms with Crippen LogP contribution in [0.15, 0.2) is 4.79 Å². The Hall–Kier alpha value is -1.23. The van der Waals surface area contributed by atoms with Crippen LogP contribution < -0.4 is 15.6 Å². The highest BCUT2D eigenvalue weighted by Crippen LogP contribution is 2.09. The van der Waals surface area contributed by atoms with Gasteiger partial charge in [0.15, 0.2) is 0 Å². The van der Waals surface area contributed by atoms with Gasteiger partial charge in [0.05, 0.1) is 12.7 Å². The number of aromatic amines is 1. The molecule has 0 atom stereocenters. The molecule has 0 aliphatic heterocycles. The first kappa shape index (κ1) is 11.8. The first-order valence-electron chi connectivity index (χ1n) is 5.08. The Labute approximate surface area is 89.4 Å². The standard InChI is InChI=1S/C10H19N3O2/c1-7(2)5-11-6-8-9(15-4)12-13(3)10(8)14/h7,11-12H,5-6H2,1-4H3. The second-order valence-corrected chi connectivity index (χ2v) is 4.01. The van der Waals surface area contributed by atoms with Gasteiger partial charge >= 0.3 is 0 Å². The summed E-state index contributed by atoms with van der Waals surface area (Å²) in [6.07, 6.45) is 0. The Balaban J connectivity index is 2.71. The second-order valence-electron chi connectivity index (χ2n) is 4.01. The highest BCUT2D eigenvalue weighted by molar-refractivity contribution is 5.23. The SMILES string of the molecule is COc1[nH]n(C)c(=O)c1CNCC(C)C. The maximum Gasteiger partial charge on any atom is 0.274 e. The number of aryl methyl sites for hydroxylation is 1. The van der Waals surface area contributed by atoms with Crippen LogP contribution in [0.4, 0.5) is 0 Å². The molecule has 0 bridgehead atoms. The van der Waals surface area contributed by atoms with Crippen molar-refractivity contribution in [3.8, 4) is 5.88 Å². The van der Waals surface area contributed by atoms with Gasteiger partial charge in [-0.05, 0) is 12.5 Å². The third-order valence-corrected chi connectivity index (χ3v) is 2.16. The quantitative estimate of drug-likeness (QED) is 0.747. The molecule has 0 fully saturated rings. The largest absolute Gasteiger partial charge is 0.481 e. The highest BCUT2D eigenvalue weighted by Gasteiger charge is 2.12. The van der Waals surface area contributed by atoms with Crippen LogP contribution in [0.25, 0.3) is 0 Å². The molecule has 0 spiro atoms. The van der Waals surface area contributed by atoms with Crippen LogP contribution in [0.5, 0.6) is 5.88 Å². The van der Waals surface area contributed by atoms with Crippen molar-refractivity contribution in [2.24, 2.45) is 13.0 Å². The zero-order chi connectivity index (χ0) is 11.4. The fourth-order valence-corrected chi connectivity index (χ4v) is 1.38. The molecule has 0 aliphatic rings. The van der Waals surface area contributed by atoms with E-state index in [0.29, 0.717) is 23.9 Å². The number of H-pyrrole nitrogens is 1. The molecule has 1 aromatic heterocycles. The van der Waals surface area contributed by atoms with E-state index < -0.39 is 0 Å². The topological polar surface area (TPSA) is 59.0 Å². The van der Waals surface area contributed by atoms with Gasteiger partial charge in [-0.3, -0.25) is 14.6 Å². The molecule has 0 radical (unpaired) electrons. The molecule has 15 heavy (non-hydrogen) atoms. The highest BCUT2D eigenvalue weighted by atomic mass is 16.5. The molecule has 1 rings (SSSR count). The van der Waals surface area contributed by atoms with E-state index in [-0.39, 0.29) is 5.56 Å². The Morgan fingerprint density at radius 3 is 2.73 bits per heavy atom. The van der Waals surface area contributed by atoms with E-state index in [1.807, 2.05) is 0 Å². The average molecular weight is 213 g/mol. The van der Waals surface area contributed by atoms with Crippen molar-refractivity contribution in [1.82, 2.24) is 15.1 Å². The fourth-order valence-electron chi connectivity index (χ4n) is 1.38. The van der Waals surface area contributed by atoms with Gasteiger partial charge in [-0.2, -0.15) is 0 Å². The maximum atomic E-state index is 11.6. The number of nitrogens with one attached hydrogen (secondary N) is 2. The smallest absolute Gasteiger partial charge is 0.274 e. The Bertz CT molecular complexity index is 365. The van der Waals surface area contributed by atoms with Crippen LogP contribution in [-0.4, -0.2) is 23.4 Å². The third-order valence-electron chi connectivity index (χ3n) is 2.16. The van der Waals surface area contributed by atoms with Gasteiger partial charge in [-0.15, -0.1) is 0 Å². The van der Waals surface area contributed by atoms with Crippen LogP contribution in [0.1, 0.15) is 19.4 Å². The molecule has 1 heterocycles. The first-order chi connectivity index (χ1) is 7.06. The van der Waals surface area contributed by atoms with Gasteiger partial charge < -0.3 is 10.1 Å². The van der Waals surface area contributed by atoms with Crippen molar-refractivity contribution in [2.75, 3.05) is 13.7 Å². The average Bonchev–Trinajstić information content (AvgIpc) is 2.44. The van der Waals surface area contributed by atoms with Crippen LogP contribution in [0.2, 0.25) is 0 Å². The number of ether oxygens (including phenoxy) is 1. The summed E-state index contributed by atoms with van der Waals surface area (Å²) in [7, 11) is 3.23. The molecule has 0 aliphatic carbocycles. The Kier molecular flexibility index (Phi) is 3.96. The van der Waals surface area contributed by atoms with E-state index in [1.54, 1.807) is 14.2 Å². The predicted molar refractivity (Wildman–Crippen MR) is 59.1 cm³/mol. The maximum absolute atomic E-state index is 11.6. The van der Waals surface area contributed by atoms with Crippen LogP contribution in [0, 0.1) is 5.92 Å². The number of rotatable bonds is 5. The summed E-state index contributed by atoms with van der Waals surface area (Å²) < 4.78 is 6.51. The lowest BCUT2D eigenvalue weighted by Gasteiger charge is -2.06. The number of nitrogens with zero attached hydrogens (tertiary/aromatic N) is 1. The summed E-state index contributed by atoms with van der Waals surface area (Å²) in [5.41, 5.74) is 0.615. The molecular weight excluding hydrogens is 194 g/mol. The minimum Gasteiger partial charge on any atom is -0.481 e. The van der Waals surface area contributed by atoms with E-state index in [4.69, 9.17) is 4.74 Å². The minimum atomic E-state index is -0.0388.